The van der Waals surface area contributed by atoms with Gasteiger partial charge < -0.3 is 16.0 Å². The van der Waals surface area contributed by atoms with Gasteiger partial charge in [0.05, 0.1) is 0 Å². The molecule has 1 atom stereocenters. The number of amides is 1. The average molecular weight is 281 g/mol. The van der Waals surface area contributed by atoms with Crippen LogP contribution >= 0.6 is 0 Å². The summed E-state index contributed by atoms with van der Waals surface area (Å²) in [5, 5.41) is 3.42. The molecule has 1 saturated heterocycles. The molecule has 1 unspecified atom stereocenters. The minimum Gasteiger partial charge on any atom is -0.368 e. The fourth-order valence-electron chi connectivity index (χ4n) is 3.54. The fraction of sp³-hybridized carbons (Fsp3) is 0.938. The van der Waals surface area contributed by atoms with Crippen LogP contribution in [0.15, 0.2) is 0 Å². The molecule has 2 fully saturated rings. The van der Waals surface area contributed by atoms with Crippen molar-refractivity contribution in [3.63, 3.8) is 0 Å². The van der Waals surface area contributed by atoms with Gasteiger partial charge in [-0.3, -0.25) is 4.79 Å². The van der Waals surface area contributed by atoms with Crippen LogP contribution in [0.4, 0.5) is 0 Å². The molecule has 116 valence electrons. The highest BCUT2D eigenvalue weighted by Gasteiger charge is 2.50. The van der Waals surface area contributed by atoms with Gasteiger partial charge in [-0.15, -0.1) is 0 Å². The van der Waals surface area contributed by atoms with Crippen molar-refractivity contribution in [2.45, 2.75) is 58.4 Å². The highest BCUT2D eigenvalue weighted by Crippen LogP contribution is 2.41. The van der Waals surface area contributed by atoms with Crippen LogP contribution in [0.2, 0.25) is 0 Å². The van der Waals surface area contributed by atoms with Gasteiger partial charge in [0.25, 0.3) is 0 Å². The molecule has 1 amide bonds. The molecule has 1 heterocycles. The van der Waals surface area contributed by atoms with Crippen LogP contribution in [0.1, 0.15) is 52.9 Å². The molecule has 2 rings (SSSR count). The van der Waals surface area contributed by atoms with Gasteiger partial charge in [-0.2, -0.15) is 0 Å². The lowest BCUT2D eigenvalue weighted by Crippen LogP contribution is -2.64. The SMILES string of the molecule is CCNC(CN1CCC(C)(CC)CC1)(C(N)=O)C1CC1. The zero-order valence-corrected chi connectivity index (χ0v) is 13.4. The van der Waals surface area contributed by atoms with Crippen LogP contribution in [0, 0.1) is 11.3 Å². The van der Waals surface area contributed by atoms with Crippen molar-refractivity contribution in [1.82, 2.24) is 10.2 Å². The zero-order valence-electron chi connectivity index (χ0n) is 13.4. The number of nitrogens with one attached hydrogen (secondary N) is 1. The third-order valence-electron chi connectivity index (χ3n) is 5.60. The van der Waals surface area contributed by atoms with E-state index in [1.807, 2.05) is 0 Å². The van der Waals surface area contributed by atoms with Crippen molar-refractivity contribution in [3.05, 3.63) is 0 Å². The quantitative estimate of drug-likeness (QED) is 0.747. The molecule has 20 heavy (non-hydrogen) atoms. The maximum Gasteiger partial charge on any atom is 0.239 e. The van der Waals surface area contributed by atoms with Gasteiger partial charge in [0.2, 0.25) is 5.91 Å². The highest BCUT2D eigenvalue weighted by atomic mass is 16.1. The molecule has 3 N–H and O–H groups in total. The number of carbonyl (C=O) groups is 1. The zero-order chi connectivity index (χ0) is 14.8. The number of nitrogens with two attached hydrogens (primary N) is 1. The van der Waals surface area contributed by atoms with Gasteiger partial charge in [-0.05, 0) is 56.7 Å². The number of hydrogen-bond donors (Lipinski definition) is 2. The van der Waals surface area contributed by atoms with E-state index in [4.69, 9.17) is 5.73 Å². The van der Waals surface area contributed by atoms with Crippen LogP contribution in [0.25, 0.3) is 0 Å². The molecule has 0 bridgehead atoms. The number of likely N-dealkylation sites (tertiary alicyclic amines) is 1. The first-order valence-electron chi connectivity index (χ1n) is 8.23. The molecule has 0 radical (unpaired) electrons. The number of rotatable bonds is 7. The van der Waals surface area contributed by atoms with E-state index in [0.29, 0.717) is 11.3 Å². The number of hydrogen-bond acceptors (Lipinski definition) is 3. The topological polar surface area (TPSA) is 58.4 Å². The summed E-state index contributed by atoms with van der Waals surface area (Å²) >= 11 is 0. The molecular weight excluding hydrogens is 250 g/mol. The van der Waals surface area contributed by atoms with E-state index in [9.17, 15) is 4.79 Å². The number of likely N-dealkylation sites (N-methyl/N-ethyl adjacent to an activating group) is 1. The smallest absolute Gasteiger partial charge is 0.239 e. The van der Waals surface area contributed by atoms with Crippen molar-refractivity contribution in [1.29, 1.82) is 0 Å². The molecule has 0 aromatic rings. The molecule has 1 aliphatic heterocycles. The van der Waals surface area contributed by atoms with Gasteiger partial charge in [-0.25, -0.2) is 0 Å². The van der Waals surface area contributed by atoms with Crippen molar-refractivity contribution in [2.75, 3.05) is 26.2 Å². The maximum atomic E-state index is 12.1. The Bertz CT molecular complexity index is 346. The van der Waals surface area contributed by atoms with E-state index in [1.54, 1.807) is 0 Å². The Labute approximate surface area is 123 Å². The van der Waals surface area contributed by atoms with Gasteiger partial charge in [0, 0.05) is 6.54 Å². The Hall–Kier alpha value is -0.610. The predicted octanol–water partition coefficient (Wildman–Crippen LogP) is 1.74. The largest absolute Gasteiger partial charge is 0.368 e. The molecule has 2 aliphatic rings. The van der Waals surface area contributed by atoms with Crippen LogP contribution in [0.5, 0.6) is 0 Å². The summed E-state index contributed by atoms with van der Waals surface area (Å²) in [5.74, 6) is 0.283. The summed E-state index contributed by atoms with van der Waals surface area (Å²) in [6.45, 7) is 10.5. The Balaban J connectivity index is 2.00. The number of nitrogens with zero attached hydrogens (tertiary/aromatic N) is 1. The summed E-state index contributed by atoms with van der Waals surface area (Å²) in [6, 6.07) is 0. The Morgan fingerprint density at radius 3 is 2.35 bits per heavy atom. The van der Waals surface area contributed by atoms with E-state index in [2.05, 4.69) is 31.0 Å². The van der Waals surface area contributed by atoms with E-state index >= 15 is 0 Å². The molecule has 1 aliphatic carbocycles. The minimum atomic E-state index is -0.491. The Kier molecular flexibility index (Phi) is 4.75. The number of primary amides is 1. The second kappa shape index (κ2) is 6.02. The van der Waals surface area contributed by atoms with Crippen LogP contribution < -0.4 is 11.1 Å². The van der Waals surface area contributed by atoms with Gasteiger partial charge in [-0.1, -0.05) is 27.2 Å². The fourth-order valence-corrected chi connectivity index (χ4v) is 3.54. The molecule has 0 aromatic carbocycles. The molecule has 4 nitrogen and oxygen atoms in total. The first-order chi connectivity index (χ1) is 9.46. The highest BCUT2D eigenvalue weighted by molar-refractivity contribution is 5.86. The first-order valence-corrected chi connectivity index (χ1v) is 8.23. The molecule has 0 spiro atoms. The monoisotopic (exact) mass is 281 g/mol. The predicted molar refractivity (Wildman–Crippen MR) is 82.4 cm³/mol. The van der Waals surface area contributed by atoms with Gasteiger partial charge >= 0.3 is 0 Å². The third kappa shape index (κ3) is 3.17. The lowest BCUT2D eigenvalue weighted by Gasteiger charge is -2.43. The standard InChI is InChI=1S/C16H31N3O/c1-4-15(3)8-10-19(11-9-15)12-16(14(17)20,18-5-2)13-6-7-13/h13,18H,4-12H2,1-3H3,(H2,17,20). The summed E-state index contributed by atoms with van der Waals surface area (Å²) < 4.78 is 0. The molecular formula is C16H31N3O. The van der Waals surface area contributed by atoms with E-state index in [1.165, 1.54) is 19.3 Å². The maximum absolute atomic E-state index is 12.1. The average Bonchev–Trinajstić information content (AvgIpc) is 3.25. The summed E-state index contributed by atoms with van der Waals surface area (Å²) in [7, 11) is 0. The Morgan fingerprint density at radius 2 is 1.95 bits per heavy atom. The molecule has 4 heteroatoms. The third-order valence-corrected chi connectivity index (χ3v) is 5.60. The van der Waals surface area contributed by atoms with E-state index in [-0.39, 0.29) is 5.91 Å². The summed E-state index contributed by atoms with van der Waals surface area (Å²) in [6.07, 6.45) is 5.98. The molecule has 0 aromatic heterocycles. The van der Waals surface area contributed by atoms with Crippen molar-refractivity contribution in [3.8, 4) is 0 Å². The van der Waals surface area contributed by atoms with Crippen LogP contribution in [-0.2, 0) is 4.79 Å². The summed E-state index contributed by atoms with van der Waals surface area (Å²) in [4.78, 5) is 14.5. The lowest BCUT2D eigenvalue weighted by atomic mass is 9.77. The van der Waals surface area contributed by atoms with Crippen molar-refractivity contribution >= 4 is 5.91 Å². The van der Waals surface area contributed by atoms with Crippen molar-refractivity contribution in [2.24, 2.45) is 17.1 Å². The second-order valence-corrected chi connectivity index (χ2v) is 7.08. The van der Waals surface area contributed by atoms with Gasteiger partial charge in [0.1, 0.15) is 5.54 Å². The number of piperidine rings is 1. The Morgan fingerprint density at radius 1 is 1.35 bits per heavy atom. The molecule has 1 saturated carbocycles. The first kappa shape index (κ1) is 15.8. The van der Waals surface area contributed by atoms with Crippen LogP contribution in [-0.4, -0.2) is 42.5 Å². The lowest BCUT2D eigenvalue weighted by molar-refractivity contribution is -0.126. The minimum absolute atomic E-state index is 0.161. The summed E-state index contributed by atoms with van der Waals surface area (Å²) in [5.41, 5.74) is 5.77. The van der Waals surface area contributed by atoms with Crippen molar-refractivity contribution < 1.29 is 4.79 Å². The van der Waals surface area contributed by atoms with Gasteiger partial charge in [0.15, 0.2) is 0 Å². The number of carbonyl (C=O) groups excluding carboxylic acids is 1. The van der Waals surface area contributed by atoms with E-state index < -0.39 is 5.54 Å². The van der Waals surface area contributed by atoms with E-state index in [0.717, 1.165) is 39.0 Å². The second-order valence-electron chi connectivity index (χ2n) is 7.08. The van der Waals surface area contributed by atoms with Crippen LogP contribution in [0.3, 0.4) is 0 Å². The normalized spacial score (nSPS) is 26.1.